The van der Waals surface area contributed by atoms with Gasteiger partial charge in [-0.25, -0.2) is 0 Å². The second-order valence-electron chi connectivity index (χ2n) is 23.8. The van der Waals surface area contributed by atoms with Crippen molar-refractivity contribution >= 4 is 17.9 Å². The molecule has 0 fully saturated rings. The Morgan fingerprint density at radius 1 is 0.253 bits per heavy atom. The molecule has 0 aromatic heterocycles. The van der Waals surface area contributed by atoms with Crippen LogP contribution >= 0.6 is 0 Å². The van der Waals surface area contributed by atoms with Crippen LogP contribution in [0.5, 0.6) is 0 Å². The van der Waals surface area contributed by atoms with Crippen molar-refractivity contribution in [1.29, 1.82) is 0 Å². The lowest BCUT2D eigenvalue weighted by molar-refractivity contribution is -0.167. The highest BCUT2D eigenvalue weighted by atomic mass is 16.6. The summed E-state index contributed by atoms with van der Waals surface area (Å²) in [7, 11) is 0. The Labute approximate surface area is 515 Å². The summed E-state index contributed by atoms with van der Waals surface area (Å²) in [6.07, 6.45) is 95.9. The van der Waals surface area contributed by atoms with Crippen molar-refractivity contribution in [1.82, 2.24) is 0 Å². The lowest BCUT2D eigenvalue weighted by atomic mass is 10.0. The molecular weight excluding hydrogens is 1020 g/mol. The van der Waals surface area contributed by atoms with Crippen molar-refractivity contribution in [2.75, 3.05) is 13.2 Å². The number of hydrogen-bond acceptors (Lipinski definition) is 6. The molecule has 6 nitrogen and oxygen atoms in total. The molecule has 0 saturated heterocycles. The van der Waals surface area contributed by atoms with E-state index in [0.717, 1.165) is 83.5 Å². The standard InChI is InChI=1S/C77H134O6/c1-4-7-10-13-16-19-22-25-28-31-33-35-36-37-38-39-40-42-43-46-49-52-55-58-61-64-67-70-76(79)82-73-74(72-81-75(78)69-66-63-60-57-54-51-48-45-30-27-24-21-18-15-12-9-6-3)83-77(80)71-68-65-62-59-56-53-50-47-44-41-34-32-29-26-23-20-17-14-11-8-5-2/h9,12,18,21-22,25,27,30-34,48,51,57,60,74H,4-8,10-11,13-17,19-20,23-24,26,28-29,35-47,49-50,52-56,58-59,61-73H2,1-3H3/b12-9-,21-18-,25-22-,30-27-,33-31-,34-32-,51-48-,60-57-. The summed E-state index contributed by atoms with van der Waals surface area (Å²) in [5.74, 6) is -0.941. The predicted octanol–water partition coefficient (Wildman–Crippen LogP) is 24.8. The third kappa shape index (κ3) is 69.0. The quantitative estimate of drug-likeness (QED) is 0.0261. The molecule has 0 saturated carbocycles. The van der Waals surface area contributed by atoms with E-state index in [0.29, 0.717) is 19.3 Å². The Balaban J connectivity index is 4.36. The van der Waals surface area contributed by atoms with E-state index < -0.39 is 6.10 Å². The van der Waals surface area contributed by atoms with E-state index in [4.69, 9.17) is 14.2 Å². The van der Waals surface area contributed by atoms with Gasteiger partial charge in [0.25, 0.3) is 0 Å². The third-order valence-corrected chi connectivity index (χ3v) is 15.5. The molecule has 0 aliphatic carbocycles. The molecule has 0 spiro atoms. The molecule has 0 N–H and O–H groups in total. The minimum atomic E-state index is -0.804. The number of carbonyl (C=O) groups is 3. The highest BCUT2D eigenvalue weighted by Gasteiger charge is 2.19. The summed E-state index contributed by atoms with van der Waals surface area (Å²) in [6.45, 7) is 6.51. The zero-order valence-corrected chi connectivity index (χ0v) is 54.9. The van der Waals surface area contributed by atoms with Gasteiger partial charge in [-0.15, -0.1) is 0 Å². The molecule has 0 aromatic rings. The van der Waals surface area contributed by atoms with Crippen molar-refractivity contribution < 1.29 is 28.6 Å². The van der Waals surface area contributed by atoms with E-state index >= 15 is 0 Å². The summed E-state index contributed by atoms with van der Waals surface area (Å²) < 4.78 is 16.9. The second kappa shape index (κ2) is 70.8. The fraction of sp³-hybridized carbons (Fsp3) is 0.753. The van der Waals surface area contributed by atoms with Crippen LogP contribution in [0, 0.1) is 0 Å². The Kier molecular flexibility index (Phi) is 67.7. The van der Waals surface area contributed by atoms with Gasteiger partial charge in [0.2, 0.25) is 0 Å². The Morgan fingerprint density at radius 2 is 0.482 bits per heavy atom. The summed E-state index contributed by atoms with van der Waals surface area (Å²) in [4.78, 5) is 38.5. The lowest BCUT2D eigenvalue weighted by Crippen LogP contribution is -2.30. The topological polar surface area (TPSA) is 78.9 Å². The van der Waals surface area contributed by atoms with Crippen molar-refractivity contribution in [3.05, 3.63) is 97.2 Å². The number of hydrogen-bond donors (Lipinski definition) is 0. The fourth-order valence-electron chi connectivity index (χ4n) is 10.2. The number of ether oxygens (including phenoxy) is 3. The van der Waals surface area contributed by atoms with Gasteiger partial charge in [-0.2, -0.15) is 0 Å². The van der Waals surface area contributed by atoms with Gasteiger partial charge in [-0.1, -0.05) is 317 Å². The zero-order valence-electron chi connectivity index (χ0n) is 54.9. The first-order valence-corrected chi connectivity index (χ1v) is 35.7. The molecule has 0 rings (SSSR count). The highest BCUT2D eigenvalue weighted by Crippen LogP contribution is 2.17. The van der Waals surface area contributed by atoms with Gasteiger partial charge in [0.1, 0.15) is 13.2 Å². The van der Waals surface area contributed by atoms with Gasteiger partial charge in [0, 0.05) is 19.3 Å². The fourth-order valence-corrected chi connectivity index (χ4v) is 10.2. The van der Waals surface area contributed by atoms with Gasteiger partial charge in [-0.3, -0.25) is 14.4 Å². The molecule has 0 amide bonds. The molecule has 6 heteroatoms. The zero-order chi connectivity index (χ0) is 59.9. The summed E-state index contributed by atoms with van der Waals surface area (Å²) in [6, 6.07) is 0. The van der Waals surface area contributed by atoms with Crippen molar-refractivity contribution in [2.24, 2.45) is 0 Å². The average molecular weight is 1160 g/mol. The van der Waals surface area contributed by atoms with Gasteiger partial charge in [0.05, 0.1) is 0 Å². The maximum Gasteiger partial charge on any atom is 0.306 e. The maximum absolute atomic E-state index is 13.0. The number of allylic oxidation sites excluding steroid dienone is 16. The van der Waals surface area contributed by atoms with Crippen LogP contribution in [0.4, 0.5) is 0 Å². The summed E-state index contributed by atoms with van der Waals surface area (Å²) in [5, 5.41) is 0. The Bertz CT molecular complexity index is 1610. The number of rotatable bonds is 65. The maximum atomic E-state index is 13.0. The van der Waals surface area contributed by atoms with Gasteiger partial charge in [-0.05, 0) is 116 Å². The van der Waals surface area contributed by atoms with E-state index in [9.17, 15) is 14.4 Å². The molecule has 0 aromatic carbocycles. The SMILES string of the molecule is CC/C=C\C/C=C\C/C=C\C/C=C\C/C=C\CCCC(=O)OCC(COC(=O)CCCCCCCCCCCCCCCCC/C=C\C/C=C\CCCCCCC)OC(=O)CCCCCCCCCCC/C=C\CCCCCCCCCC. The number of esters is 3. The number of unbranched alkanes of at least 4 members (excludes halogenated alkanes) is 38. The molecule has 1 atom stereocenters. The van der Waals surface area contributed by atoms with Crippen LogP contribution in [0.25, 0.3) is 0 Å². The van der Waals surface area contributed by atoms with Gasteiger partial charge < -0.3 is 14.2 Å². The molecule has 1 unspecified atom stereocenters. The van der Waals surface area contributed by atoms with E-state index in [1.54, 1.807) is 0 Å². The smallest absolute Gasteiger partial charge is 0.306 e. The first kappa shape index (κ1) is 79.3. The summed E-state index contributed by atoms with van der Waals surface area (Å²) >= 11 is 0. The van der Waals surface area contributed by atoms with Crippen LogP contribution < -0.4 is 0 Å². The van der Waals surface area contributed by atoms with Crippen LogP contribution in [0.3, 0.4) is 0 Å². The first-order chi connectivity index (χ1) is 41.0. The largest absolute Gasteiger partial charge is 0.462 e. The third-order valence-electron chi connectivity index (χ3n) is 15.5. The molecule has 0 heterocycles. The van der Waals surface area contributed by atoms with Crippen LogP contribution in [0.2, 0.25) is 0 Å². The average Bonchev–Trinajstić information content (AvgIpc) is 3.50. The predicted molar refractivity (Wildman–Crippen MR) is 362 cm³/mol. The minimum absolute atomic E-state index is 0.0941. The van der Waals surface area contributed by atoms with E-state index in [1.807, 2.05) is 0 Å². The number of carbonyl (C=O) groups excluding carboxylic acids is 3. The van der Waals surface area contributed by atoms with E-state index in [-0.39, 0.29) is 37.5 Å². The van der Waals surface area contributed by atoms with Gasteiger partial charge >= 0.3 is 17.9 Å². The van der Waals surface area contributed by atoms with E-state index in [2.05, 4.69) is 118 Å². The monoisotopic (exact) mass is 1160 g/mol. The van der Waals surface area contributed by atoms with Crippen LogP contribution in [-0.2, 0) is 28.6 Å². The van der Waals surface area contributed by atoms with Crippen molar-refractivity contribution in [3.63, 3.8) is 0 Å². The Hall–Kier alpha value is -3.67. The molecular formula is C77H134O6. The normalized spacial score (nSPS) is 12.7. The second-order valence-corrected chi connectivity index (χ2v) is 23.8. The molecule has 0 bridgehead atoms. The van der Waals surface area contributed by atoms with E-state index in [1.165, 1.54) is 225 Å². The van der Waals surface area contributed by atoms with Crippen molar-refractivity contribution in [3.8, 4) is 0 Å². The summed E-state index contributed by atoms with van der Waals surface area (Å²) in [5.41, 5.74) is 0. The molecule has 83 heavy (non-hydrogen) atoms. The van der Waals surface area contributed by atoms with Crippen LogP contribution in [-0.4, -0.2) is 37.2 Å². The van der Waals surface area contributed by atoms with Crippen molar-refractivity contribution in [2.45, 2.75) is 361 Å². The molecule has 0 aliphatic rings. The first-order valence-electron chi connectivity index (χ1n) is 35.7. The highest BCUT2D eigenvalue weighted by molar-refractivity contribution is 5.71. The molecule has 0 aliphatic heterocycles. The van der Waals surface area contributed by atoms with Gasteiger partial charge in [0.15, 0.2) is 6.10 Å². The minimum Gasteiger partial charge on any atom is -0.462 e. The Morgan fingerprint density at radius 3 is 0.795 bits per heavy atom. The van der Waals surface area contributed by atoms with Crippen LogP contribution in [0.15, 0.2) is 97.2 Å². The lowest BCUT2D eigenvalue weighted by Gasteiger charge is -2.18. The molecule has 0 radical (unpaired) electrons. The molecule has 478 valence electrons. The van der Waals surface area contributed by atoms with Crippen LogP contribution in [0.1, 0.15) is 355 Å².